The van der Waals surface area contributed by atoms with Gasteiger partial charge in [0.15, 0.2) is 0 Å². The molecule has 0 spiro atoms. The van der Waals surface area contributed by atoms with E-state index in [2.05, 4.69) is 29.6 Å². The minimum Gasteiger partial charge on any atom is -0.481 e. The van der Waals surface area contributed by atoms with Crippen LogP contribution in [0.1, 0.15) is 24.8 Å². The summed E-state index contributed by atoms with van der Waals surface area (Å²) in [5.74, 6) is -1.93. The molecule has 2 fully saturated rings. The molecule has 132 valence electrons. The molecule has 1 amide bonds. The van der Waals surface area contributed by atoms with E-state index in [4.69, 9.17) is 0 Å². The summed E-state index contributed by atoms with van der Waals surface area (Å²) in [4.78, 5) is 24.8. The van der Waals surface area contributed by atoms with Crippen molar-refractivity contribution < 1.29 is 14.7 Å². The van der Waals surface area contributed by atoms with Crippen LogP contribution in [0.15, 0.2) is 54.6 Å². The average molecular weight is 347 g/mol. The minimum absolute atomic E-state index is 0.000887. The Kier molecular flexibility index (Phi) is 3.27. The molecular weight excluding hydrogens is 326 g/mol. The van der Waals surface area contributed by atoms with Crippen LogP contribution in [0.2, 0.25) is 0 Å². The number of carboxylic acids is 1. The summed E-state index contributed by atoms with van der Waals surface area (Å²) in [6.45, 7) is 0. The number of fused-ring (bicyclic) bond motifs is 3. The number of benzene rings is 2. The van der Waals surface area contributed by atoms with Gasteiger partial charge in [0.25, 0.3) is 0 Å². The van der Waals surface area contributed by atoms with Gasteiger partial charge in [-0.15, -0.1) is 0 Å². The zero-order chi connectivity index (χ0) is 17.9. The first-order valence-corrected chi connectivity index (χ1v) is 9.30. The molecule has 26 heavy (non-hydrogen) atoms. The lowest BCUT2D eigenvalue weighted by Crippen LogP contribution is -2.44. The molecule has 0 aromatic heterocycles. The number of carbonyl (C=O) groups is 2. The fraction of sp³-hybridized carbons (Fsp3) is 0.364. The molecule has 2 saturated carbocycles. The zero-order valence-corrected chi connectivity index (χ0v) is 14.4. The summed E-state index contributed by atoms with van der Waals surface area (Å²) in [6.07, 6.45) is 6.61. The molecule has 4 nitrogen and oxygen atoms in total. The maximum Gasteiger partial charge on any atom is 0.307 e. The molecule has 0 saturated heterocycles. The molecule has 5 rings (SSSR count). The van der Waals surface area contributed by atoms with Crippen molar-refractivity contribution in [2.24, 2.45) is 23.7 Å². The highest BCUT2D eigenvalue weighted by atomic mass is 16.4. The first-order chi connectivity index (χ1) is 12.6. The molecule has 2 bridgehead atoms. The van der Waals surface area contributed by atoms with E-state index in [1.54, 1.807) is 0 Å². The smallest absolute Gasteiger partial charge is 0.307 e. The van der Waals surface area contributed by atoms with Gasteiger partial charge in [-0.25, -0.2) is 0 Å². The van der Waals surface area contributed by atoms with E-state index in [-0.39, 0.29) is 23.3 Å². The minimum atomic E-state index is -0.850. The lowest BCUT2D eigenvalue weighted by Gasteiger charge is -2.27. The van der Waals surface area contributed by atoms with E-state index in [0.29, 0.717) is 0 Å². The molecule has 0 radical (unpaired) electrons. The van der Waals surface area contributed by atoms with Gasteiger partial charge in [0, 0.05) is 0 Å². The van der Waals surface area contributed by atoms with Crippen LogP contribution in [0.3, 0.4) is 0 Å². The fourth-order valence-corrected chi connectivity index (χ4v) is 5.06. The number of amides is 1. The molecule has 4 heteroatoms. The van der Waals surface area contributed by atoms with Crippen molar-refractivity contribution in [1.82, 2.24) is 5.32 Å². The number of aliphatic carboxylic acids is 1. The third-order valence-electron chi connectivity index (χ3n) is 6.46. The standard InChI is InChI=1S/C22H21NO3/c24-20(18-14-8-9-15(12-14)19(18)21(25)26)23-22(10-11-22)17-7-3-5-13-4-1-2-6-16(13)17/h1-9,14-15,18-19H,10-12H2,(H,23,24)(H,25,26). The number of nitrogens with one attached hydrogen (secondary N) is 1. The Bertz CT molecular complexity index is 938. The Morgan fingerprint density at radius 2 is 1.65 bits per heavy atom. The lowest BCUT2D eigenvalue weighted by atomic mass is 9.82. The Labute approximate surface area is 151 Å². The van der Waals surface area contributed by atoms with Gasteiger partial charge in [-0.1, -0.05) is 54.6 Å². The van der Waals surface area contributed by atoms with Crippen LogP contribution in [-0.4, -0.2) is 17.0 Å². The predicted molar refractivity (Wildman–Crippen MR) is 98.4 cm³/mol. The second kappa shape index (κ2) is 5.44. The SMILES string of the molecule is O=C(O)C1C2C=CC(C2)C1C(=O)NC1(c2cccc3ccccc23)CC1. The van der Waals surface area contributed by atoms with Crippen molar-refractivity contribution in [3.05, 3.63) is 60.2 Å². The average Bonchev–Trinajstić information content (AvgIpc) is 3.12. The van der Waals surface area contributed by atoms with Gasteiger partial charge >= 0.3 is 5.97 Å². The third kappa shape index (κ3) is 2.21. The molecule has 2 aromatic rings. The van der Waals surface area contributed by atoms with Crippen LogP contribution in [0.25, 0.3) is 10.8 Å². The van der Waals surface area contributed by atoms with E-state index in [0.717, 1.165) is 35.6 Å². The summed E-state index contributed by atoms with van der Waals surface area (Å²) < 4.78 is 0. The summed E-state index contributed by atoms with van der Waals surface area (Å²) >= 11 is 0. The van der Waals surface area contributed by atoms with E-state index in [1.807, 2.05) is 30.4 Å². The number of rotatable bonds is 4. The zero-order valence-electron chi connectivity index (χ0n) is 14.4. The number of hydrogen-bond donors (Lipinski definition) is 2. The maximum absolute atomic E-state index is 13.1. The summed E-state index contributed by atoms with van der Waals surface area (Å²) in [5.41, 5.74) is 0.807. The van der Waals surface area contributed by atoms with Crippen LogP contribution < -0.4 is 5.32 Å². The van der Waals surface area contributed by atoms with Gasteiger partial charge in [0.05, 0.1) is 17.4 Å². The first kappa shape index (κ1) is 15.6. The number of carboxylic acid groups (broad SMARTS) is 1. The summed E-state index contributed by atoms with van der Waals surface area (Å²) in [5, 5.41) is 15.2. The molecule has 3 aliphatic carbocycles. The Morgan fingerprint density at radius 1 is 0.962 bits per heavy atom. The van der Waals surface area contributed by atoms with Crippen LogP contribution in [-0.2, 0) is 15.1 Å². The van der Waals surface area contributed by atoms with Crippen molar-refractivity contribution in [2.75, 3.05) is 0 Å². The highest BCUT2D eigenvalue weighted by molar-refractivity contribution is 5.90. The van der Waals surface area contributed by atoms with Crippen LogP contribution in [0.5, 0.6) is 0 Å². The normalized spacial score (nSPS) is 30.5. The van der Waals surface area contributed by atoms with Gasteiger partial charge in [-0.05, 0) is 47.4 Å². The summed E-state index contributed by atoms with van der Waals surface area (Å²) in [6, 6.07) is 14.4. The van der Waals surface area contributed by atoms with Gasteiger partial charge in [0.1, 0.15) is 0 Å². The third-order valence-corrected chi connectivity index (χ3v) is 6.46. The number of hydrogen-bond acceptors (Lipinski definition) is 2. The number of carbonyl (C=O) groups excluding carboxylic acids is 1. The highest BCUT2D eigenvalue weighted by Gasteiger charge is 2.54. The molecule has 3 aliphatic rings. The predicted octanol–water partition coefficient (Wildman–Crippen LogP) is 3.47. The molecule has 4 unspecified atom stereocenters. The molecule has 0 aliphatic heterocycles. The second-order valence-electron chi connectivity index (χ2n) is 7.94. The van der Waals surface area contributed by atoms with Gasteiger partial charge in [-0.2, -0.15) is 0 Å². The molecule has 2 N–H and O–H groups in total. The van der Waals surface area contributed by atoms with E-state index < -0.39 is 17.8 Å². The molecule has 2 aromatic carbocycles. The lowest BCUT2D eigenvalue weighted by molar-refractivity contribution is -0.148. The first-order valence-electron chi connectivity index (χ1n) is 9.30. The van der Waals surface area contributed by atoms with E-state index >= 15 is 0 Å². The largest absolute Gasteiger partial charge is 0.481 e. The van der Waals surface area contributed by atoms with Gasteiger partial charge < -0.3 is 10.4 Å². The molecular formula is C22H21NO3. The Balaban J connectivity index is 1.46. The second-order valence-corrected chi connectivity index (χ2v) is 7.94. The maximum atomic E-state index is 13.1. The van der Waals surface area contributed by atoms with E-state index in [1.165, 1.54) is 0 Å². The van der Waals surface area contributed by atoms with E-state index in [9.17, 15) is 14.7 Å². The van der Waals surface area contributed by atoms with Crippen molar-refractivity contribution in [3.63, 3.8) is 0 Å². The quantitative estimate of drug-likeness (QED) is 0.832. The topological polar surface area (TPSA) is 66.4 Å². The van der Waals surface area contributed by atoms with Crippen molar-refractivity contribution in [3.8, 4) is 0 Å². The van der Waals surface area contributed by atoms with Crippen LogP contribution in [0.4, 0.5) is 0 Å². The molecule has 4 atom stereocenters. The van der Waals surface area contributed by atoms with Crippen molar-refractivity contribution in [2.45, 2.75) is 24.8 Å². The van der Waals surface area contributed by atoms with Crippen LogP contribution in [0, 0.1) is 23.7 Å². The van der Waals surface area contributed by atoms with Crippen molar-refractivity contribution >= 4 is 22.6 Å². The fourth-order valence-electron chi connectivity index (χ4n) is 5.06. The van der Waals surface area contributed by atoms with Crippen molar-refractivity contribution in [1.29, 1.82) is 0 Å². The number of allylic oxidation sites excluding steroid dienone is 2. The Morgan fingerprint density at radius 3 is 2.38 bits per heavy atom. The Hall–Kier alpha value is -2.62. The summed E-state index contributed by atoms with van der Waals surface area (Å²) in [7, 11) is 0. The molecule has 0 heterocycles. The van der Waals surface area contributed by atoms with Gasteiger partial charge in [0.2, 0.25) is 5.91 Å². The van der Waals surface area contributed by atoms with Gasteiger partial charge in [-0.3, -0.25) is 9.59 Å². The van der Waals surface area contributed by atoms with Crippen LogP contribution >= 0.6 is 0 Å². The monoisotopic (exact) mass is 347 g/mol. The highest BCUT2D eigenvalue weighted by Crippen LogP contribution is 2.51.